The number of tetrazole rings is 1. The van der Waals surface area contributed by atoms with Crippen LogP contribution in [0.2, 0.25) is 10.0 Å². The highest BCUT2D eigenvalue weighted by Crippen LogP contribution is 2.26. The predicted molar refractivity (Wildman–Crippen MR) is 109 cm³/mol. The highest BCUT2D eigenvalue weighted by molar-refractivity contribution is 6.36. The van der Waals surface area contributed by atoms with E-state index in [1.54, 1.807) is 12.1 Å². The Labute approximate surface area is 171 Å². The number of nitrogens with zero attached hydrogens (tertiary/aromatic N) is 4. The molecule has 6 nitrogen and oxygen atoms in total. The van der Waals surface area contributed by atoms with E-state index in [1.165, 1.54) is 4.68 Å². The van der Waals surface area contributed by atoms with Crippen LogP contribution >= 0.6 is 23.2 Å². The molecule has 0 aliphatic heterocycles. The monoisotopic (exact) mass is 411 g/mol. The van der Waals surface area contributed by atoms with E-state index >= 15 is 0 Å². The topological polar surface area (TPSA) is 64.9 Å². The molecule has 1 N–H and O–H groups in total. The molecule has 8 heteroatoms. The summed E-state index contributed by atoms with van der Waals surface area (Å²) < 4.78 is 7.36. The molecule has 0 atom stereocenters. The minimum atomic E-state index is 0.296. The summed E-state index contributed by atoms with van der Waals surface area (Å²) >= 11 is 12.1. The first-order chi connectivity index (χ1) is 13.7. The zero-order chi connectivity index (χ0) is 19.3. The number of para-hydroxylation sites is 1. The third-order valence-electron chi connectivity index (χ3n) is 3.99. The number of benzene rings is 3. The van der Waals surface area contributed by atoms with Gasteiger partial charge in [-0.2, -0.15) is 4.68 Å². The van der Waals surface area contributed by atoms with Gasteiger partial charge >= 0.3 is 6.01 Å². The third-order valence-corrected chi connectivity index (χ3v) is 4.54. The van der Waals surface area contributed by atoms with Gasteiger partial charge in [-0.25, -0.2) is 0 Å². The Balaban J connectivity index is 1.42. The van der Waals surface area contributed by atoms with Gasteiger partial charge in [0.25, 0.3) is 0 Å². The van der Waals surface area contributed by atoms with E-state index in [-0.39, 0.29) is 0 Å². The van der Waals surface area contributed by atoms with E-state index in [0.29, 0.717) is 28.3 Å². The van der Waals surface area contributed by atoms with Crippen LogP contribution in [0, 0.1) is 0 Å². The lowest BCUT2D eigenvalue weighted by molar-refractivity contribution is 0.427. The van der Waals surface area contributed by atoms with Crippen molar-refractivity contribution in [1.82, 2.24) is 20.2 Å². The first-order valence-electron chi connectivity index (χ1n) is 8.48. The number of anilines is 1. The van der Waals surface area contributed by atoms with Crippen LogP contribution in [0.1, 0.15) is 5.56 Å². The smallest absolute Gasteiger partial charge is 0.345 e. The molecule has 0 bridgehead atoms. The Morgan fingerprint density at radius 2 is 1.71 bits per heavy atom. The van der Waals surface area contributed by atoms with Crippen LogP contribution in [0.3, 0.4) is 0 Å². The molecule has 0 saturated carbocycles. The third kappa shape index (κ3) is 4.24. The second-order valence-electron chi connectivity index (χ2n) is 5.93. The zero-order valence-electron chi connectivity index (χ0n) is 14.6. The molecule has 0 amide bonds. The van der Waals surface area contributed by atoms with Gasteiger partial charge in [0.05, 0.1) is 16.4 Å². The van der Waals surface area contributed by atoms with Crippen molar-refractivity contribution in [3.63, 3.8) is 0 Å². The molecule has 0 radical (unpaired) electrons. The average molecular weight is 412 g/mol. The lowest BCUT2D eigenvalue weighted by Crippen LogP contribution is -2.01. The molecule has 3 aromatic carbocycles. The van der Waals surface area contributed by atoms with Crippen molar-refractivity contribution in [3.8, 4) is 17.4 Å². The van der Waals surface area contributed by atoms with Crippen molar-refractivity contribution in [2.24, 2.45) is 0 Å². The maximum absolute atomic E-state index is 6.18. The highest BCUT2D eigenvalue weighted by Gasteiger charge is 2.10. The quantitative estimate of drug-likeness (QED) is 0.461. The lowest BCUT2D eigenvalue weighted by Gasteiger charge is -2.10. The minimum absolute atomic E-state index is 0.296. The number of halogens is 2. The van der Waals surface area contributed by atoms with E-state index < -0.39 is 0 Å². The number of rotatable bonds is 6. The van der Waals surface area contributed by atoms with Gasteiger partial charge in [-0.05, 0) is 58.5 Å². The number of hydrogen-bond acceptors (Lipinski definition) is 5. The first kappa shape index (κ1) is 18.3. The van der Waals surface area contributed by atoms with Crippen LogP contribution in [0.4, 0.5) is 5.69 Å². The highest BCUT2D eigenvalue weighted by atomic mass is 35.5. The summed E-state index contributed by atoms with van der Waals surface area (Å²) in [6.07, 6.45) is 0. The molecule has 0 aliphatic carbocycles. The molecule has 4 rings (SSSR count). The van der Waals surface area contributed by atoms with E-state index in [9.17, 15) is 0 Å². The van der Waals surface area contributed by atoms with Gasteiger partial charge in [0.1, 0.15) is 5.75 Å². The fourth-order valence-corrected chi connectivity index (χ4v) is 3.06. The summed E-state index contributed by atoms with van der Waals surface area (Å²) in [5, 5.41) is 16.1. The van der Waals surface area contributed by atoms with Crippen molar-refractivity contribution in [1.29, 1.82) is 0 Å². The summed E-state index contributed by atoms with van der Waals surface area (Å²) in [5.74, 6) is 0.639. The van der Waals surface area contributed by atoms with Crippen molar-refractivity contribution in [2.45, 2.75) is 6.54 Å². The van der Waals surface area contributed by atoms with Crippen LogP contribution < -0.4 is 10.1 Å². The van der Waals surface area contributed by atoms with E-state index in [0.717, 1.165) is 16.9 Å². The molecule has 0 fully saturated rings. The van der Waals surface area contributed by atoms with Crippen LogP contribution in [-0.4, -0.2) is 20.2 Å². The van der Waals surface area contributed by atoms with E-state index in [1.807, 2.05) is 60.7 Å². The molecular formula is C20H15Cl2N5O. The van der Waals surface area contributed by atoms with Crippen LogP contribution in [0.15, 0.2) is 72.8 Å². The van der Waals surface area contributed by atoms with E-state index in [2.05, 4.69) is 20.8 Å². The van der Waals surface area contributed by atoms with Crippen LogP contribution in [0.5, 0.6) is 11.8 Å². The SMILES string of the molecule is Clc1ccc(NCc2ccc(Oc3nnnn3-c3ccccc3)cc2)c(Cl)c1. The normalized spacial score (nSPS) is 10.6. The maximum Gasteiger partial charge on any atom is 0.345 e. The molecule has 1 aromatic heterocycles. The van der Waals surface area contributed by atoms with Crippen LogP contribution in [0.25, 0.3) is 5.69 Å². The summed E-state index contributed by atoms with van der Waals surface area (Å²) in [7, 11) is 0. The predicted octanol–water partition coefficient (Wildman–Crippen LogP) is 5.37. The van der Waals surface area contributed by atoms with Gasteiger partial charge in [0, 0.05) is 11.6 Å². The summed E-state index contributed by atoms with van der Waals surface area (Å²) in [6, 6.07) is 22.9. The van der Waals surface area contributed by atoms with Crippen molar-refractivity contribution < 1.29 is 4.74 Å². The Morgan fingerprint density at radius 1 is 0.929 bits per heavy atom. The van der Waals surface area contributed by atoms with Gasteiger partial charge in [-0.3, -0.25) is 0 Å². The second-order valence-corrected chi connectivity index (χ2v) is 6.78. The first-order valence-corrected chi connectivity index (χ1v) is 9.24. The molecular weight excluding hydrogens is 397 g/mol. The number of hydrogen-bond donors (Lipinski definition) is 1. The van der Waals surface area contributed by atoms with Gasteiger partial charge in [0.15, 0.2) is 0 Å². The summed E-state index contributed by atoms with van der Waals surface area (Å²) in [5.41, 5.74) is 2.72. The fourth-order valence-electron chi connectivity index (χ4n) is 2.58. The Hall–Kier alpha value is -3.09. The number of nitrogens with one attached hydrogen (secondary N) is 1. The molecule has 0 saturated heterocycles. The standard InChI is InChI=1S/C20H15Cl2N5O/c21-15-8-11-19(18(22)12-15)23-13-14-6-9-17(10-7-14)28-20-24-25-26-27(20)16-4-2-1-3-5-16/h1-12,23H,13H2. The van der Waals surface area contributed by atoms with Crippen molar-refractivity contribution in [2.75, 3.05) is 5.32 Å². The summed E-state index contributed by atoms with van der Waals surface area (Å²) in [4.78, 5) is 0. The molecule has 4 aromatic rings. The van der Waals surface area contributed by atoms with Gasteiger partial charge in [0.2, 0.25) is 0 Å². The average Bonchev–Trinajstić information content (AvgIpc) is 3.17. The minimum Gasteiger partial charge on any atom is -0.423 e. The largest absolute Gasteiger partial charge is 0.423 e. The molecule has 0 unspecified atom stereocenters. The van der Waals surface area contributed by atoms with Crippen LogP contribution in [-0.2, 0) is 6.54 Å². The van der Waals surface area contributed by atoms with Gasteiger partial charge in [-0.15, -0.1) is 0 Å². The van der Waals surface area contributed by atoms with Gasteiger partial charge < -0.3 is 10.1 Å². The molecule has 140 valence electrons. The second kappa shape index (κ2) is 8.29. The Morgan fingerprint density at radius 3 is 2.46 bits per heavy atom. The maximum atomic E-state index is 6.18. The Bertz CT molecular complexity index is 1070. The molecule has 1 heterocycles. The lowest BCUT2D eigenvalue weighted by atomic mass is 10.2. The van der Waals surface area contributed by atoms with E-state index in [4.69, 9.17) is 27.9 Å². The number of ether oxygens (including phenoxy) is 1. The van der Waals surface area contributed by atoms with Crippen molar-refractivity contribution in [3.05, 3.63) is 88.4 Å². The molecule has 0 spiro atoms. The Kier molecular flexibility index (Phi) is 5.41. The zero-order valence-corrected chi connectivity index (χ0v) is 16.1. The fraction of sp³-hybridized carbons (Fsp3) is 0.0500. The molecule has 0 aliphatic rings. The van der Waals surface area contributed by atoms with Gasteiger partial charge in [-0.1, -0.05) is 58.6 Å². The molecule has 28 heavy (non-hydrogen) atoms. The summed E-state index contributed by atoms with van der Waals surface area (Å²) in [6.45, 7) is 0.614. The number of aromatic nitrogens is 4. The van der Waals surface area contributed by atoms with Crippen molar-refractivity contribution >= 4 is 28.9 Å².